The molecule has 3 heteroatoms. The molecule has 0 spiro atoms. The van der Waals surface area contributed by atoms with Crippen LogP contribution in [0, 0.1) is 0 Å². The Kier molecular flexibility index (Phi) is 3.10. The number of likely N-dealkylation sites (tertiary alicyclic amines) is 1. The van der Waals surface area contributed by atoms with Crippen LogP contribution < -0.4 is 5.73 Å². The smallest absolute Gasteiger partial charge is 0.0611 e. The Bertz CT molecular complexity index is 184. The molecule has 0 bridgehead atoms. The lowest BCUT2D eigenvalue weighted by atomic mass is 9.73. The minimum absolute atomic E-state index is 0.302. The van der Waals surface area contributed by atoms with Crippen LogP contribution in [0.15, 0.2) is 0 Å². The zero-order valence-electron chi connectivity index (χ0n) is 9.17. The van der Waals surface area contributed by atoms with Gasteiger partial charge in [-0.15, -0.1) is 0 Å². The standard InChI is InChI=1S/C11H22N2O/c1-2-14-10-7-11(8-10,9-12)13-5-3-4-6-13/h10H,2-9,12H2,1H3. The minimum atomic E-state index is 0.302. The van der Waals surface area contributed by atoms with Crippen molar-refractivity contribution in [1.29, 1.82) is 0 Å². The number of nitrogens with zero attached hydrogens (tertiary/aromatic N) is 1. The van der Waals surface area contributed by atoms with Crippen LogP contribution in [-0.4, -0.2) is 42.8 Å². The van der Waals surface area contributed by atoms with Gasteiger partial charge in [-0.1, -0.05) is 0 Å². The average Bonchev–Trinajstić information content (AvgIpc) is 2.63. The molecule has 82 valence electrons. The Morgan fingerprint density at radius 1 is 1.36 bits per heavy atom. The van der Waals surface area contributed by atoms with Crippen molar-refractivity contribution in [3.05, 3.63) is 0 Å². The van der Waals surface area contributed by atoms with Crippen LogP contribution in [0.25, 0.3) is 0 Å². The third-order valence-electron chi connectivity index (χ3n) is 3.77. The summed E-state index contributed by atoms with van der Waals surface area (Å²) in [5.74, 6) is 0. The van der Waals surface area contributed by atoms with Gasteiger partial charge in [0.25, 0.3) is 0 Å². The molecule has 0 unspecified atom stereocenters. The van der Waals surface area contributed by atoms with Crippen molar-refractivity contribution in [2.75, 3.05) is 26.2 Å². The van der Waals surface area contributed by atoms with Crippen molar-refractivity contribution in [3.63, 3.8) is 0 Å². The lowest BCUT2D eigenvalue weighted by molar-refractivity contribution is -0.0931. The molecule has 0 aromatic carbocycles. The summed E-state index contributed by atoms with van der Waals surface area (Å²) in [6.07, 6.45) is 5.47. The van der Waals surface area contributed by atoms with Crippen LogP contribution in [-0.2, 0) is 4.74 Å². The summed E-state index contributed by atoms with van der Waals surface area (Å²) < 4.78 is 5.61. The molecule has 0 atom stereocenters. The first-order valence-corrected chi connectivity index (χ1v) is 5.87. The van der Waals surface area contributed by atoms with Gasteiger partial charge in [0.15, 0.2) is 0 Å². The van der Waals surface area contributed by atoms with Crippen LogP contribution in [0.1, 0.15) is 32.6 Å². The van der Waals surface area contributed by atoms with E-state index in [4.69, 9.17) is 10.5 Å². The first-order valence-electron chi connectivity index (χ1n) is 5.87. The van der Waals surface area contributed by atoms with Gasteiger partial charge in [0.1, 0.15) is 0 Å². The fourth-order valence-corrected chi connectivity index (χ4v) is 2.89. The Balaban J connectivity index is 1.87. The molecule has 2 rings (SSSR count). The van der Waals surface area contributed by atoms with Gasteiger partial charge in [-0.2, -0.15) is 0 Å². The van der Waals surface area contributed by atoms with Crippen molar-refractivity contribution in [3.8, 4) is 0 Å². The van der Waals surface area contributed by atoms with Crippen molar-refractivity contribution >= 4 is 0 Å². The van der Waals surface area contributed by atoms with E-state index >= 15 is 0 Å². The molecule has 1 saturated heterocycles. The van der Waals surface area contributed by atoms with E-state index in [-0.39, 0.29) is 0 Å². The highest BCUT2D eigenvalue weighted by Gasteiger charge is 2.48. The first-order chi connectivity index (χ1) is 6.80. The fraction of sp³-hybridized carbons (Fsp3) is 1.00. The van der Waals surface area contributed by atoms with Crippen LogP contribution in [0.5, 0.6) is 0 Å². The molecule has 0 aromatic rings. The quantitative estimate of drug-likeness (QED) is 0.732. The van der Waals surface area contributed by atoms with Gasteiger partial charge in [-0.25, -0.2) is 0 Å². The Morgan fingerprint density at radius 2 is 2.00 bits per heavy atom. The summed E-state index contributed by atoms with van der Waals surface area (Å²) >= 11 is 0. The average molecular weight is 198 g/mol. The normalized spacial score (nSPS) is 38.6. The maximum atomic E-state index is 5.91. The molecule has 1 heterocycles. The Hall–Kier alpha value is -0.120. The molecule has 1 saturated carbocycles. The second-order valence-electron chi connectivity index (χ2n) is 4.61. The van der Waals surface area contributed by atoms with Crippen molar-refractivity contribution < 1.29 is 4.74 Å². The van der Waals surface area contributed by atoms with Crippen LogP contribution in [0.4, 0.5) is 0 Å². The second-order valence-corrected chi connectivity index (χ2v) is 4.61. The van der Waals surface area contributed by atoms with Gasteiger partial charge in [-0.3, -0.25) is 4.90 Å². The summed E-state index contributed by atoms with van der Waals surface area (Å²) in [7, 11) is 0. The van der Waals surface area contributed by atoms with Crippen molar-refractivity contribution in [2.24, 2.45) is 5.73 Å². The van der Waals surface area contributed by atoms with Crippen molar-refractivity contribution in [1.82, 2.24) is 4.90 Å². The molecule has 1 aliphatic heterocycles. The van der Waals surface area contributed by atoms with E-state index in [1.807, 2.05) is 0 Å². The number of hydrogen-bond acceptors (Lipinski definition) is 3. The Morgan fingerprint density at radius 3 is 2.50 bits per heavy atom. The SMILES string of the molecule is CCOC1CC(CN)(N2CCCC2)C1. The second kappa shape index (κ2) is 4.17. The third kappa shape index (κ3) is 1.69. The van der Waals surface area contributed by atoms with Crippen LogP contribution in [0.3, 0.4) is 0 Å². The summed E-state index contributed by atoms with van der Waals surface area (Å²) in [6, 6.07) is 0. The van der Waals surface area contributed by atoms with E-state index < -0.39 is 0 Å². The number of nitrogens with two attached hydrogens (primary N) is 1. The highest BCUT2D eigenvalue weighted by Crippen LogP contribution is 2.40. The zero-order chi connectivity index (χ0) is 10.0. The van der Waals surface area contributed by atoms with E-state index in [1.165, 1.54) is 25.9 Å². The van der Waals surface area contributed by atoms with E-state index in [9.17, 15) is 0 Å². The summed E-state index contributed by atoms with van der Waals surface area (Å²) in [5, 5.41) is 0. The molecule has 0 aromatic heterocycles. The summed E-state index contributed by atoms with van der Waals surface area (Å²) in [6.45, 7) is 6.20. The van der Waals surface area contributed by atoms with Crippen LogP contribution in [0.2, 0.25) is 0 Å². The monoisotopic (exact) mass is 198 g/mol. The molecule has 1 aliphatic carbocycles. The van der Waals surface area contributed by atoms with E-state index in [0.717, 1.165) is 26.0 Å². The third-order valence-corrected chi connectivity index (χ3v) is 3.77. The fourth-order valence-electron chi connectivity index (χ4n) is 2.89. The van der Waals surface area contributed by atoms with Gasteiger partial charge in [0.2, 0.25) is 0 Å². The van der Waals surface area contributed by atoms with Gasteiger partial charge in [-0.05, 0) is 45.7 Å². The van der Waals surface area contributed by atoms with E-state index in [1.54, 1.807) is 0 Å². The predicted molar refractivity (Wildman–Crippen MR) is 57.2 cm³/mol. The largest absolute Gasteiger partial charge is 0.378 e. The maximum Gasteiger partial charge on any atom is 0.0611 e. The highest BCUT2D eigenvalue weighted by atomic mass is 16.5. The van der Waals surface area contributed by atoms with Gasteiger partial charge >= 0.3 is 0 Å². The van der Waals surface area contributed by atoms with E-state index in [2.05, 4.69) is 11.8 Å². The molecule has 0 radical (unpaired) electrons. The summed E-state index contributed by atoms with van der Waals surface area (Å²) in [4.78, 5) is 2.59. The molecule has 2 aliphatic rings. The molecule has 3 nitrogen and oxygen atoms in total. The topological polar surface area (TPSA) is 38.5 Å². The number of hydrogen-bond donors (Lipinski definition) is 1. The lowest BCUT2D eigenvalue weighted by Gasteiger charge is -2.52. The lowest BCUT2D eigenvalue weighted by Crippen LogP contribution is -2.63. The van der Waals surface area contributed by atoms with Gasteiger partial charge < -0.3 is 10.5 Å². The molecule has 14 heavy (non-hydrogen) atoms. The molecule has 2 fully saturated rings. The number of rotatable bonds is 4. The molecule has 0 amide bonds. The summed E-state index contributed by atoms with van der Waals surface area (Å²) in [5.41, 5.74) is 6.21. The minimum Gasteiger partial charge on any atom is -0.378 e. The molecular formula is C11H22N2O. The van der Waals surface area contributed by atoms with Gasteiger partial charge in [0, 0.05) is 18.7 Å². The molecule has 2 N–H and O–H groups in total. The van der Waals surface area contributed by atoms with E-state index in [0.29, 0.717) is 11.6 Å². The van der Waals surface area contributed by atoms with Crippen LogP contribution >= 0.6 is 0 Å². The Labute approximate surface area is 86.6 Å². The highest BCUT2D eigenvalue weighted by molar-refractivity contribution is 5.05. The molecular weight excluding hydrogens is 176 g/mol. The number of ether oxygens (including phenoxy) is 1. The first kappa shape index (κ1) is 10.4. The van der Waals surface area contributed by atoms with Gasteiger partial charge in [0.05, 0.1) is 6.10 Å². The van der Waals surface area contributed by atoms with Crippen molar-refractivity contribution in [2.45, 2.75) is 44.2 Å². The maximum absolute atomic E-state index is 5.91. The zero-order valence-corrected chi connectivity index (χ0v) is 9.17. The predicted octanol–water partition coefficient (Wildman–Crippen LogP) is 0.979.